The normalized spacial score (nSPS) is 13.1. The van der Waals surface area contributed by atoms with Crippen LogP contribution in [0.5, 0.6) is 0 Å². The summed E-state index contributed by atoms with van der Waals surface area (Å²) in [5.41, 5.74) is 0.963. The third-order valence-corrected chi connectivity index (χ3v) is 4.49. The third-order valence-electron chi connectivity index (χ3n) is 3.22. The molecule has 2 heterocycles. The fraction of sp³-hybridized carbons (Fsp3) is 0.538. The molecular weight excluding hydrogens is 280 g/mol. The molecule has 1 unspecified atom stereocenters. The van der Waals surface area contributed by atoms with Crippen LogP contribution in [0.2, 0.25) is 0 Å². The number of aryl methyl sites for hydroxylation is 1. The molecule has 2 aromatic heterocycles. The van der Waals surface area contributed by atoms with Crippen molar-refractivity contribution in [1.29, 1.82) is 0 Å². The Bertz CT molecular complexity index is 522. The van der Waals surface area contributed by atoms with E-state index >= 15 is 0 Å². The largest absolute Gasteiger partial charge is 0.337 e. The number of aromatic nitrogens is 3. The Balaban J connectivity index is 2.10. The highest BCUT2D eigenvalue weighted by Gasteiger charge is 2.19. The molecule has 0 aliphatic heterocycles. The van der Waals surface area contributed by atoms with E-state index in [1.165, 1.54) is 0 Å². The number of thiazole rings is 1. The summed E-state index contributed by atoms with van der Waals surface area (Å²) in [5.74, 6) is 1.55. The second-order valence-electron chi connectivity index (χ2n) is 4.60. The van der Waals surface area contributed by atoms with Gasteiger partial charge in [-0.2, -0.15) is 0 Å². The Hall–Kier alpha value is -0.910. The zero-order chi connectivity index (χ0) is 13.8. The molecule has 0 saturated heterocycles. The third kappa shape index (κ3) is 3.35. The molecule has 0 amide bonds. The molecule has 0 aliphatic rings. The molecule has 2 rings (SSSR count). The van der Waals surface area contributed by atoms with Gasteiger partial charge in [-0.25, -0.2) is 9.97 Å². The number of rotatable bonds is 6. The average Bonchev–Trinajstić information content (AvgIpc) is 3.01. The number of imidazole rings is 1. The Kier molecular flexibility index (Phi) is 4.96. The van der Waals surface area contributed by atoms with E-state index in [1.807, 2.05) is 24.8 Å². The second-order valence-corrected chi connectivity index (χ2v) is 5.76. The van der Waals surface area contributed by atoms with Crippen LogP contribution >= 0.6 is 22.9 Å². The predicted molar refractivity (Wildman–Crippen MR) is 79.4 cm³/mol. The molecule has 1 atom stereocenters. The van der Waals surface area contributed by atoms with Crippen LogP contribution in [0.25, 0.3) is 0 Å². The van der Waals surface area contributed by atoms with Crippen LogP contribution in [0.4, 0.5) is 0 Å². The zero-order valence-electron chi connectivity index (χ0n) is 11.5. The summed E-state index contributed by atoms with van der Waals surface area (Å²) in [6.45, 7) is 3.00. The minimum Gasteiger partial charge on any atom is -0.337 e. The van der Waals surface area contributed by atoms with Gasteiger partial charge in [0.25, 0.3) is 0 Å². The molecule has 19 heavy (non-hydrogen) atoms. The second kappa shape index (κ2) is 6.50. The molecule has 0 fully saturated rings. The summed E-state index contributed by atoms with van der Waals surface area (Å²) in [5, 5.41) is 3.18. The van der Waals surface area contributed by atoms with Crippen LogP contribution in [0, 0.1) is 0 Å². The number of halogens is 1. The van der Waals surface area contributed by atoms with Crippen LogP contribution in [0.15, 0.2) is 17.8 Å². The molecule has 0 saturated carbocycles. The predicted octanol–water partition coefficient (Wildman–Crippen LogP) is 3.20. The van der Waals surface area contributed by atoms with Gasteiger partial charge in [0.15, 0.2) is 0 Å². The lowest BCUT2D eigenvalue weighted by Crippen LogP contribution is -2.25. The van der Waals surface area contributed by atoms with Gasteiger partial charge in [-0.1, -0.05) is 6.92 Å². The minimum atomic E-state index is 0.318. The Labute approximate surface area is 123 Å². The highest BCUT2D eigenvalue weighted by Crippen LogP contribution is 2.27. The standard InChI is InChI=1S/C13H19ClN4S/c1-4-11(13-16-10(7-14)9-19-13)18(3)8-12-15-5-6-17(12)2/h5-6,9,11H,4,7-8H2,1-3H3. The fourth-order valence-corrected chi connectivity index (χ4v) is 3.39. The fourth-order valence-electron chi connectivity index (χ4n) is 2.09. The van der Waals surface area contributed by atoms with Crippen molar-refractivity contribution in [1.82, 2.24) is 19.4 Å². The van der Waals surface area contributed by atoms with Crippen molar-refractivity contribution < 1.29 is 0 Å². The van der Waals surface area contributed by atoms with Crippen molar-refractivity contribution in [3.8, 4) is 0 Å². The van der Waals surface area contributed by atoms with Crippen molar-refractivity contribution in [3.05, 3.63) is 34.3 Å². The maximum Gasteiger partial charge on any atom is 0.122 e. The van der Waals surface area contributed by atoms with Crippen LogP contribution in [-0.4, -0.2) is 26.5 Å². The van der Waals surface area contributed by atoms with Crippen molar-refractivity contribution in [2.24, 2.45) is 7.05 Å². The van der Waals surface area contributed by atoms with E-state index in [4.69, 9.17) is 11.6 Å². The van der Waals surface area contributed by atoms with Gasteiger partial charge in [-0.15, -0.1) is 22.9 Å². The van der Waals surface area contributed by atoms with E-state index in [-0.39, 0.29) is 0 Å². The van der Waals surface area contributed by atoms with Gasteiger partial charge in [-0.05, 0) is 13.5 Å². The van der Waals surface area contributed by atoms with E-state index in [0.717, 1.165) is 29.5 Å². The molecule has 6 heteroatoms. The van der Waals surface area contributed by atoms with E-state index < -0.39 is 0 Å². The van der Waals surface area contributed by atoms with Crippen molar-refractivity contribution in [3.63, 3.8) is 0 Å². The summed E-state index contributed by atoms with van der Waals surface area (Å²) in [4.78, 5) is 11.3. The summed E-state index contributed by atoms with van der Waals surface area (Å²) < 4.78 is 2.05. The Morgan fingerprint density at radius 1 is 1.53 bits per heavy atom. The summed E-state index contributed by atoms with van der Waals surface area (Å²) in [7, 11) is 4.14. The first-order valence-electron chi connectivity index (χ1n) is 6.32. The number of nitrogens with zero attached hydrogens (tertiary/aromatic N) is 4. The monoisotopic (exact) mass is 298 g/mol. The van der Waals surface area contributed by atoms with Gasteiger partial charge in [0.2, 0.25) is 0 Å². The van der Waals surface area contributed by atoms with E-state index in [9.17, 15) is 0 Å². The molecule has 0 N–H and O–H groups in total. The highest BCUT2D eigenvalue weighted by atomic mass is 35.5. The quantitative estimate of drug-likeness (QED) is 0.768. The summed E-state index contributed by atoms with van der Waals surface area (Å²) in [6.07, 6.45) is 4.83. The van der Waals surface area contributed by atoms with Crippen molar-refractivity contribution in [2.75, 3.05) is 7.05 Å². The molecule has 0 spiro atoms. The molecule has 104 valence electrons. The molecule has 4 nitrogen and oxygen atoms in total. The van der Waals surface area contributed by atoms with E-state index in [0.29, 0.717) is 11.9 Å². The minimum absolute atomic E-state index is 0.318. The maximum atomic E-state index is 5.82. The summed E-state index contributed by atoms with van der Waals surface area (Å²) >= 11 is 7.51. The first-order valence-corrected chi connectivity index (χ1v) is 7.73. The maximum absolute atomic E-state index is 5.82. The molecule has 0 aromatic carbocycles. The number of alkyl halides is 1. The molecular formula is C13H19ClN4S. The average molecular weight is 299 g/mol. The highest BCUT2D eigenvalue weighted by molar-refractivity contribution is 7.09. The smallest absolute Gasteiger partial charge is 0.122 e. The lowest BCUT2D eigenvalue weighted by Gasteiger charge is -2.25. The number of hydrogen-bond donors (Lipinski definition) is 0. The van der Waals surface area contributed by atoms with Crippen molar-refractivity contribution >= 4 is 22.9 Å². The lowest BCUT2D eigenvalue weighted by molar-refractivity contribution is 0.222. The summed E-state index contributed by atoms with van der Waals surface area (Å²) in [6, 6.07) is 0.318. The van der Waals surface area contributed by atoms with E-state index in [2.05, 4.69) is 33.4 Å². The van der Waals surface area contributed by atoms with Crippen LogP contribution < -0.4 is 0 Å². The van der Waals surface area contributed by atoms with Gasteiger partial charge in [0.1, 0.15) is 10.8 Å². The first kappa shape index (κ1) is 14.5. The Morgan fingerprint density at radius 3 is 2.84 bits per heavy atom. The van der Waals surface area contributed by atoms with Crippen LogP contribution in [-0.2, 0) is 19.5 Å². The SMILES string of the molecule is CCC(c1nc(CCl)cs1)N(C)Cc1nccn1C. The zero-order valence-corrected chi connectivity index (χ0v) is 13.1. The van der Waals surface area contributed by atoms with Crippen molar-refractivity contribution in [2.45, 2.75) is 31.8 Å². The molecule has 0 radical (unpaired) electrons. The van der Waals surface area contributed by atoms with E-state index in [1.54, 1.807) is 11.3 Å². The van der Waals surface area contributed by atoms with Gasteiger partial charge < -0.3 is 4.57 Å². The lowest BCUT2D eigenvalue weighted by atomic mass is 10.2. The van der Waals surface area contributed by atoms with Gasteiger partial charge in [0, 0.05) is 24.8 Å². The van der Waals surface area contributed by atoms with Crippen LogP contribution in [0.1, 0.15) is 35.9 Å². The van der Waals surface area contributed by atoms with Gasteiger partial charge in [-0.3, -0.25) is 4.90 Å². The first-order chi connectivity index (χ1) is 9.15. The molecule has 2 aromatic rings. The molecule has 0 bridgehead atoms. The topological polar surface area (TPSA) is 34.0 Å². The molecule has 0 aliphatic carbocycles. The Morgan fingerprint density at radius 2 is 2.32 bits per heavy atom. The van der Waals surface area contributed by atoms with Crippen LogP contribution in [0.3, 0.4) is 0 Å². The number of hydrogen-bond acceptors (Lipinski definition) is 4. The van der Waals surface area contributed by atoms with Gasteiger partial charge >= 0.3 is 0 Å². The van der Waals surface area contributed by atoms with Gasteiger partial charge in [0.05, 0.1) is 24.2 Å².